The molecule has 0 unspecified atom stereocenters. The molecule has 0 saturated carbocycles. The summed E-state index contributed by atoms with van der Waals surface area (Å²) in [5.41, 5.74) is 4.08. The van der Waals surface area contributed by atoms with Crippen LogP contribution in [-0.4, -0.2) is 16.5 Å². The van der Waals surface area contributed by atoms with Crippen molar-refractivity contribution in [3.8, 4) is 0 Å². The summed E-state index contributed by atoms with van der Waals surface area (Å²) in [5.74, 6) is -0.111. The van der Waals surface area contributed by atoms with E-state index in [0.717, 1.165) is 30.4 Å². The molecule has 108 valence electrons. The summed E-state index contributed by atoms with van der Waals surface area (Å²) in [6, 6.07) is 7.92. The van der Waals surface area contributed by atoms with Crippen LogP contribution in [0.4, 0.5) is 0 Å². The van der Waals surface area contributed by atoms with Gasteiger partial charge in [0.05, 0.1) is 11.4 Å². The molecule has 1 aliphatic rings. The lowest BCUT2D eigenvalue weighted by molar-refractivity contribution is 0.443. The molecule has 0 bridgehead atoms. The van der Waals surface area contributed by atoms with E-state index < -0.39 is 0 Å². The van der Waals surface area contributed by atoms with Gasteiger partial charge in [0.1, 0.15) is 5.76 Å². The predicted molar refractivity (Wildman–Crippen MR) is 87.5 cm³/mol. The highest BCUT2D eigenvalue weighted by Crippen LogP contribution is 2.24. The SMILES string of the molecule is C=C(C)/C=C(\O)C(=N)/C=C1/CCCc2ccccc2C1=N. The number of hydrogen-bond acceptors (Lipinski definition) is 3. The van der Waals surface area contributed by atoms with Crippen LogP contribution in [-0.2, 0) is 6.42 Å². The van der Waals surface area contributed by atoms with E-state index in [1.54, 1.807) is 13.0 Å². The van der Waals surface area contributed by atoms with Crippen molar-refractivity contribution in [2.45, 2.75) is 26.2 Å². The van der Waals surface area contributed by atoms with Crippen LogP contribution in [0.15, 0.2) is 59.9 Å². The van der Waals surface area contributed by atoms with Crippen LogP contribution in [0.5, 0.6) is 0 Å². The fraction of sp³-hybridized carbons (Fsp3) is 0.222. The van der Waals surface area contributed by atoms with Crippen LogP contribution in [0.3, 0.4) is 0 Å². The quantitative estimate of drug-likeness (QED) is 0.327. The van der Waals surface area contributed by atoms with E-state index in [-0.39, 0.29) is 11.5 Å². The molecule has 3 N–H and O–H groups in total. The van der Waals surface area contributed by atoms with E-state index in [1.807, 2.05) is 18.2 Å². The topological polar surface area (TPSA) is 67.9 Å². The Balaban J connectivity index is 2.33. The van der Waals surface area contributed by atoms with Crippen molar-refractivity contribution >= 4 is 11.4 Å². The zero-order chi connectivity index (χ0) is 15.4. The van der Waals surface area contributed by atoms with E-state index in [1.165, 1.54) is 11.6 Å². The van der Waals surface area contributed by atoms with Gasteiger partial charge in [-0.05, 0) is 49.5 Å². The maximum atomic E-state index is 9.83. The van der Waals surface area contributed by atoms with Gasteiger partial charge in [-0.1, -0.05) is 36.4 Å². The third kappa shape index (κ3) is 3.57. The molecule has 21 heavy (non-hydrogen) atoms. The second-order valence-electron chi connectivity index (χ2n) is 5.34. The van der Waals surface area contributed by atoms with Crippen LogP contribution in [0.1, 0.15) is 30.9 Å². The summed E-state index contributed by atoms with van der Waals surface area (Å²) in [6.07, 6.45) is 5.70. The molecular formula is C18H20N2O. The van der Waals surface area contributed by atoms with E-state index in [0.29, 0.717) is 11.3 Å². The molecule has 0 aromatic heterocycles. The Morgan fingerprint density at radius 3 is 2.71 bits per heavy atom. The number of rotatable bonds is 3. The number of hydrogen-bond donors (Lipinski definition) is 3. The minimum absolute atomic E-state index is 0.0251. The lowest BCUT2D eigenvalue weighted by atomic mass is 9.98. The lowest BCUT2D eigenvalue weighted by Crippen LogP contribution is -2.07. The third-order valence-corrected chi connectivity index (χ3v) is 3.48. The Bertz CT molecular complexity index is 666. The average molecular weight is 280 g/mol. The first-order valence-corrected chi connectivity index (χ1v) is 7.02. The smallest absolute Gasteiger partial charge is 0.140 e. The van der Waals surface area contributed by atoms with Crippen LogP contribution in [0, 0.1) is 10.8 Å². The van der Waals surface area contributed by atoms with Gasteiger partial charge in [-0.15, -0.1) is 0 Å². The van der Waals surface area contributed by atoms with E-state index >= 15 is 0 Å². The highest BCUT2D eigenvalue weighted by molar-refractivity contribution is 6.17. The first kappa shape index (κ1) is 15.0. The average Bonchev–Trinajstić information content (AvgIpc) is 2.59. The Hall–Kier alpha value is -2.42. The number of allylic oxidation sites excluding steroid dienone is 4. The van der Waals surface area contributed by atoms with Crippen LogP contribution >= 0.6 is 0 Å². The summed E-state index contributed by atoms with van der Waals surface area (Å²) < 4.78 is 0. The third-order valence-electron chi connectivity index (χ3n) is 3.48. The van der Waals surface area contributed by atoms with Crippen molar-refractivity contribution in [1.29, 1.82) is 10.8 Å². The number of aryl methyl sites for hydroxylation is 1. The largest absolute Gasteiger partial charge is 0.506 e. The molecule has 1 aromatic rings. The molecule has 3 heteroatoms. The Labute approximate surface area is 125 Å². The van der Waals surface area contributed by atoms with E-state index in [4.69, 9.17) is 10.8 Å². The van der Waals surface area contributed by atoms with Crippen molar-refractivity contribution < 1.29 is 5.11 Å². The lowest BCUT2D eigenvalue weighted by Gasteiger charge is -2.08. The van der Waals surface area contributed by atoms with Gasteiger partial charge in [0.2, 0.25) is 0 Å². The van der Waals surface area contributed by atoms with Crippen LogP contribution < -0.4 is 0 Å². The fourth-order valence-corrected chi connectivity index (χ4v) is 2.45. The molecule has 0 fully saturated rings. The maximum Gasteiger partial charge on any atom is 0.140 e. The van der Waals surface area contributed by atoms with Crippen LogP contribution in [0.2, 0.25) is 0 Å². The normalized spacial score (nSPS) is 17.3. The fourth-order valence-electron chi connectivity index (χ4n) is 2.45. The Morgan fingerprint density at radius 2 is 2.00 bits per heavy atom. The van der Waals surface area contributed by atoms with Gasteiger partial charge in [0, 0.05) is 5.56 Å². The highest BCUT2D eigenvalue weighted by atomic mass is 16.3. The molecule has 1 aliphatic carbocycles. The summed E-state index contributed by atoms with van der Waals surface area (Å²) in [4.78, 5) is 0. The Kier molecular flexibility index (Phi) is 4.53. The molecule has 0 aliphatic heterocycles. The molecule has 0 amide bonds. The first-order valence-electron chi connectivity index (χ1n) is 7.02. The second-order valence-corrected chi connectivity index (χ2v) is 5.34. The standard InChI is InChI=1S/C18H20N2O/c1-12(2)10-17(21)16(19)11-14-8-5-7-13-6-3-4-9-15(13)18(14)20/h3-4,6,9-11,19-21H,1,5,7-8H2,2H3/b14-11-,17-10-,19-16?,20-18?. The van der Waals surface area contributed by atoms with Crippen molar-refractivity contribution in [2.75, 3.05) is 0 Å². The number of aliphatic hydroxyl groups is 1. The van der Waals surface area contributed by atoms with E-state index in [9.17, 15) is 5.11 Å². The molecule has 3 nitrogen and oxygen atoms in total. The molecule has 0 atom stereocenters. The van der Waals surface area contributed by atoms with Crippen molar-refractivity contribution in [1.82, 2.24) is 0 Å². The zero-order valence-electron chi connectivity index (χ0n) is 12.2. The molecule has 0 spiro atoms. The van der Waals surface area contributed by atoms with Gasteiger partial charge in [-0.25, -0.2) is 0 Å². The molecule has 0 heterocycles. The molecular weight excluding hydrogens is 260 g/mol. The maximum absolute atomic E-state index is 9.83. The number of nitrogens with one attached hydrogen (secondary N) is 2. The van der Waals surface area contributed by atoms with Gasteiger partial charge in [-0.2, -0.15) is 0 Å². The summed E-state index contributed by atoms with van der Waals surface area (Å²) >= 11 is 0. The van der Waals surface area contributed by atoms with Crippen molar-refractivity contribution in [2.24, 2.45) is 0 Å². The molecule has 2 rings (SSSR count). The summed E-state index contributed by atoms with van der Waals surface area (Å²) in [5, 5.41) is 26.1. The molecule has 0 radical (unpaired) electrons. The van der Waals surface area contributed by atoms with Crippen molar-refractivity contribution in [3.63, 3.8) is 0 Å². The van der Waals surface area contributed by atoms with Gasteiger partial charge < -0.3 is 5.11 Å². The number of fused-ring (bicyclic) bond motifs is 1. The molecule has 0 saturated heterocycles. The number of aliphatic hydroxyl groups excluding tert-OH is 1. The molecule has 1 aromatic carbocycles. The monoisotopic (exact) mass is 280 g/mol. The predicted octanol–water partition coefficient (Wildman–Crippen LogP) is 4.35. The minimum atomic E-state index is -0.111. The van der Waals surface area contributed by atoms with Crippen molar-refractivity contribution in [3.05, 3.63) is 71.0 Å². The summed E-state index contributed by atoms with van der Waals surface area (Å²) in [6.45, 7) is 5.45. The minimum Gasteiger partial charge on any atom is -0.506 e. The summed E-state index contributed by atoms with van der Waals surface area (Å²) in [7, 11) is 0. The Morgan fingerprint density at radius 1 is 1.29 bits per heavy atom. The second kappa shape index (κ2) is 6.35. The number of benzene rings is 1. The van der Waals surface area contributed by atoms with Gasteiger partial charge in [0.25, 0.3) is 0 Å². The van der Waals surface area contributed by atoms with Crippen LogP contribution in [0.25, 0.3) is 0 Å². The van der Waals surface area contributed by atoms with Gasteiger partial charge in [-0.3, -0.25) is 10.8 Å². The first-order chi connectivity index (χ1) is 9.99. The highest BCUT2D eigenvalue weighted by Gasteiger charge is 2.17. The van der Waals surface area contributed by atoms with Gasteiger partial charge >= 0.3 is 0 Å². The zero-order valence-corrected chi connectivity index (χ0v) is 12.2. The van der Waals surface area contributed by atoms with E-state index in [2.05, 4.69) is 12.6 Å². The van der Waals surface area contributed by atoms with Gasteiger partial charge in [0.15, 0.2) is 0 Å².